The van der Waals surface area contributed by atoms with Gasteiger partial charge in [-0.25, -0.2) is 0 Å². The maximum Gasteiger partial charge on any atom is 0.178 e. The molecule has 0 bridgehead atoms. The molecular weight excluding hydrogens is 252 g/mol. The van der Waals surface area contributed by atoms with Crippen LogP contribution in [0.15, 0.2) is 18.2 Å². The molecule has 0 radical (unpaired) electrons. The summed E-state index contributed by atoms with van der Waals surface area (Å²) in [5, 5.41) is 0.753. The van der Waals surface area contributed by atoms with E-state index < -0.39 is 0 Å². The van der Waals surface area contributed by atoms with Crippen LogP contribution in [0.3, 0.4) is 0 Å². The number of aromatic amines is 1. The third kappa shape index (κ3) is 2.72. The van der Waals surface area contributed by atoms with E-state index in [4.69, 9.17) is 23.8 Å². The van der Waals surface area contributed by atoms with Gasteiger partial charge in [-0.05, 0) is 36.2 Å². The van der Waals surface area contributed by atoms with Gasteiger partial charge in [-0.2, -0.15) is 0 Å². The highest BCUT2D eigenvalue weighted by Crippen LogP contribution is 2.26. The topological polar surface area (TPSA) is 20.7 Å². The number of H-pyrrole nitrogens is 1. The number of aromatic nitrogens is 2. The largest absolute Gasteiger partial charge is 0.331 e. The molecule has 2 nitrogen and oxygen atoms in total. The number of para-hydroxylation sites is 1. The molecule has 4 heteroatoms. The van der Waals surface area contributed by atoms with Gasteiger partial charge in [0.15, 0.2) is 4.77 Å². The molecule has 0 saturated carbocycles. The van der Waals surface area contributed by atoms with Crippen LogP contribution in [0.1, 0.15) is 27.2 Å². The number of nitrogens with one attached hydrogen (secondary N) is 1. The fourth-order valence-corrected chi connectivity index (χ4v) is 2.40. The van der Waals surface area contributed by atoms with E-state index >= 15 is 0 Å². The lowest BCUT2D eigenvalue weighted by atomic mass is 9.92. The lowest BCUT2D eigenvalue weighted by Crippen LogP contribution is -2.10. The summed E-state index contributed by atoms with van der Waals surface area (Å²) in [5.74, 6) is 0. The number of halogens is 1. The van der Waals surface area contributed by atoms with Crippen LogP contribution in [-0.2, 0) is 6.54 Å². The van der Waals surface area contributed by atoms with Gasteiger partial charge >= 0.3 is 0 Å². The average molecular weight is 269 g/mol. The molecule has 0 amide bonds. The van der Waals surface area contributed by atoms with Crippen LogP contribution in [0.25, 0.3) is 11.0 Å². The first-order valence-electron chi connectivity index (χ1n) is 5.75. The Labute approximate surface area is 112 Å². The number of hydrogen-bond acceptors (Lipinski definition) is 1. The number of imidazole rings is 1. The normalized spacial score (nSPS) is 12.2. The number of nitrogens with zero attached hydrogens (tertiary/aromatic N) is 1. The predicted octanol–water partition coefficient (Wildman–Crippen LogP) is 4.79. The summed E-state index contributed by atoms with van der Waals surface area (Å²) < 4.78 is 2.84. The van der Waals surface area contributed by atoms with Crippen molar-refractivity contribution in [3.8, 4) is 0 Å². The summed E-state index contributed by atoms with van der Waals surface area (Å²) in [6.07, 6.45) is 1.07. The molecule has 1 aromatic carbocycles. The van der Waals surface area contributed by atoms with Gasteiger partial charge in [-0.3, -0.25) is 0 Å². The van der Waals surface area contributed by atoms with Crippen molar-refractivity contribution >= 4 is 34.9 Å². The Kier molecular flexibility index (Phi) is 3.32. The van der Waals surface area contributed by atoms with Gasteiger partial charge in [-0.1, -0.05) is 38.4 Å². The molecule has 92 valence electrons. The van der Waals surface area contributed by atoms with Crippen molar-refractivity contribution in [3.63, 3.8) is 0 Å². The highest BCUT2D eigenvalue weighted by Gasteiger charge is 2.13. The summed E-state index contributed by atoms with van der Waals surface area (Å²) in [6.45, 7) is 7.58. The van der Waals surface area contributed by atoms with E-state index in [1.54, 1.807) is 0 Å². The van der Waals surface area contributed by atoms with E-state index in [-0.39, 0.29) is 0 Å². The quantitative estimate of drug-likeness (QED) is 0.777. The lowest BCUT2D eigenvalue weighted by Gasteiger charge is -2.18. The van der Waals surface area contributed by atoms with Crippen molar-refractivity contribution in [1.29, 1.82) is 0 Å². The van der Waals surface area contributed by atoms with Crippen molar-refractivity contribution in [3.05, 3.63) is 28.0 Å². The molecule has 0 aliphatic heterocycles. The van der Waals surface area contributed by atoms with Gasteiger partial charge in [0, 0.05) is 6.54 Å². The van der Waals surface area contributed by atoms with Gasteiger partial charge in [0.1, 0.15) is 0 Å². The van der Waals surface area contributed by atoms with Gasteiger partial charge in [0.25, 0.3) is 0 Å². The fourth-order valence-electron chi connectivity index (χ4n) is 1.84. The molecule has 0 unspecified atom stereocenters. The van der Waals surface area contributed by atoms with Crippen molar-refractivity contribution in [2.24, 2.45) is 5.41 Å². The summed E-state index contributed by atoms with van der Waals surface area (Å²) >= 11 is 11.6. The van der Waals surface area contributed by atoms with E-state index in [9.17, 15) is 0 Å². The Morgan fingerprint density at radius 2 is 2.06 bits per heavy atom. The molecule has 17 heavy (non-hydrogen) atoms. The van der Waals surface area contributed by atoms with E-state index in [0.29, 0.717) is 5.41 Å². The third-order valence-corrected chi connectivity index (χ3v) is 3.46. The van der Waals surface area contributed by atoms with E-state index in [1.807, 2.05) is 18.2 Å². The standard InChI is InChI=1S/C13H17ClN2S/c1-13(2,3)7-8-16-11-9(14)5-4-6-10(11)15-12(16)17/h4-6H,7-8H2,1-3H3,(H,15,17). The molecule has 0 aliphatic carbocycles. The smallest absolute Gasteiger partial charge is 0.178 e. The van der Waals surface area contributed by atoms with Gasteiger partial charge in [-0.15, -0.1) is 0 Å². The minimum atomic E-state index is 0.291. The zero-order chi connectivity index (χ0) is 12.6. The Bertz CT molecular complexity index is 589. The molecule has 1 heterocycles. The summed E-state index contributed by atoms with van der Waals surface area (Å²) in [5.41, 5.74) is 2.32. The molecule has 1 N–H and O–H groups in total. The molecule has 0 atom stereocenters. The van der Waals surface area contributed by atoms with E-state index in [2.05, 4.69) is 30.3 Å². The van der Waals surface area contributed by atoms with Crippen molar-refractivity contribution in [2.75, 3.05) is 0 Å². The van der Waals surface area contributed by atoms with Gasteiger partial charge in [0.2, 0.25) is 0 Å². The first kappa shape index (κ1) is 12.7. The highest BCUT2D eigenvalue weighted by molar-refractivity contribution is 7.71. The molecule has 0 aliphatic rings. The Hall–Kier alpha value is -0.800. The maximum absolute atomic E-state index is 6.24. The highest BCUT2D eigenvalue weighted by atomic mass is 35.5. The number of hydrogen-bond donors (Lipinski definition) is 1. The molecule has 2 rings (SSSR count). The van der Waals surface area contributed by atoms with Crippen LogP contribution in [0.2, 0.25) is 5.02 Å². The second kappa shape index (κ2) is 4.46. The third-order valence-electron chi connectivity index (χ3n) is 2.83. The van der Waals surface area contributed by atoms with E-state index in [0.717, 1.165) is 33.8 Å². The number of fused-ring (bicyclic) bond motifs is 1. The minimum Gasteiger partial charge on any atom is -0.331 e. The maximum atomic E-state index is 6.24. The summed E-state index contributed by atoms with van der Waals surface area (Å²) in [7, 11) is 0. The van der Waals surface area contributed by atoms with Crippen LogP contribution < -0.4 is 0 Å². The number of aryl methyl sites for hydroxylation is 1. The fraction of sp³-hybridized carbons (Fsp3) is 0.462. The van der Waals surface area contributed by atoms with Crippen molar-refractivity contribution < 1.29 is 0 Å². The Morgan fingerprint density at radius 3 is 2.71 bits per heavy atom. The molecule has 2 aromatic rings. The monoisotopic (exact) mass is 268 g/mol. The predicted molar refractivity (Wildman–Crippen MR) is 76.2 cm³/mol. The Morgan fingerprint density at radius 1 is 1.35 bits per heavy atom. The zero-order valence-electron chi connectivity index (χ0n) is 10.4. The van der Waals surface area contributed by atoms with Gasteiger partial charge < -0.3 is 9.55 Å². The second-order valence-electron chi connectivity index (χ2n) is 5.53. The minimum absolute atomic E-state index is 0.291. The molecule has 0 saturated heterocycles. The molecule has 1 aromatic heterocycles. The zero-order valence-corrected chi connectivity index (χ0v) is 12.0. The average Bonchev–Trinajstić information content (AvgIpc) is 2.51. The SMILES string of the molecule is CC(C)(C)CCn1c(=S)[nH]c2cccc(Cl)c21. The van der Waals surface area contributed by atoms with Crippen LogP contribution in [-0.4, -0.2) is 9.55 Å². The molecule has 0 fully saturated rings. The Balaban J connectivity index is 2.46. The van der Waals surface area contributed by atoms with Crippen molar-refractivity contribution in [2.45, 2.75) is 33.7 Å². The lowest BCUT2D eigenvalue weighted by molar-refractivity contribution is 0.352. The van der Waals surface area contributed by atoms with Gasteiger partial charge in [0.05, 0.1) is 16.1 Å². The second-order valence-corrected chi connectivity index (χ2v) is 6.32. The van der Waals surface area contributed by atoms with E-state index in [1.165, 1.54) is 0 Å². The summed E-state index contributed by atoms with van der Waals surface area (Å²) in [6, 6.07) is 5.84. The first-order chi connectivity index (χ1) is 7.88. The summed E-state index contributed by atoms with van der Waals surface area (Å²) in [4.78, 5) is 3.20. The van der Waals surface area contributed by atoms with Crippen LogP contribution in [0.4, 0.5) is 0 Å². The van der Waals surface area contributed by atoms with Crippen LogP contribution in [0.5, 0.6) is 0 Å². The van der Waals surface area contributed by atoms with Crippen LogP contribution >= 0.6 is 23.8 Å². The number of benzene rings is 1. The van der Waals surface area contributed by atoms with Crippen LogP contribution in [0, 0.1) is 10.2 Å². The number of rotatable bonds is 2. The first-order valence-corrected chi connectivity index (χ1v) is 6.54. The molecular formula is C13H17ClN2S. The molecule has 0 spiro atoms. The van der Waals surface area contributed by atoms with Crippen molar-refractivity contribution in [1.82, 2.24) is 9.55 Å².